The Morgan fingerprint density at radius 3 is 2.46 bits per heavy atom. The van der Waals surface area contributed by atoms with Gasteiger partial charge in [0.25, 0.3) is 0 Å². The average Bonchev–Trinajstić information content (AvgIpc) is 2.67. The third kappa shape index (κ3) is 2.82. The Bertz CT molecular complexity index is 185. The molecule has 0 N–H and O–H groups in total. The van der Waals surface area contributed by atoms with Crippen molar-refractivity contribution in [2.24, 2.45) is 0 Å². The van der Waals surface area contributed by atoms with Crippen LogP contribution in [0.25, 0.3) is 0 Å². The van der Waals surface area contributed by atoms with E-state index >= 15 is 0 Å². The molecule has 0 spiro atoms. The maximum atomic E-state index is 12.3. The van der Waals surface area contributed by atoms with E-state index < -0.39 is 7.37 Å². The average molecular weight is 204 g/mol. The molecule has 1 fully saturated rings. The SMILES string of the molecule is CCCCP(=O)(OC)C1CCCC1. The van der Waals surface area contributed by atoms with Gasteiger partial charge in [-0.2, -0.15) is 0 Å². The van der Waals surface area contributed by atoms with Crippen molar-refractivity contribution in [3.05, 3.63) is 0 Å². The van der Waals surface area contributed by atoms with Crippen molar-refractivity contribution in [1.29, 1.82) is 0 Å². The van der Waals surface area contributed by atoms with Crippen LogP contribution < -0.4 is 0 Å². The van der Waals surface area contributed by atoms with E-state index in [2.05, 4.69) is 6.92 Å². The number of hydrogen-bond acceptors (Lipinski definition) is 2. The lowest BCUT2D eigenvalue weighted by atomic mass is 10.4. The van der Waals surface area contributed by atoms with Gasteiger partial charge in [-0.25, -0.2) is 0 Å². The monoisotopic (exact) mass is 204 g/mol. The Morgan fingerprint density at radius 2 is 2.00 bits per heavy atom. The van der Waals surface area contributed by atoms with Crippen molar-refractivity contribution in [3.63, 3.8) is 0 Å². The first-order valence-electron chi connectivity index (χ1n) is 5.37. The molecular weight excluding hydrogens is 183 g/mol. The molecular formula is C10H21O2P. The quantitative estimate of drug-likeness (QED) is 0.639. The van der Waals surface area contributed by atoms with Crippen LogP contribution in [0.1, 0.15) is 45.4 Å². The molecule has 3 heteroatoms. The highest BCUT2D eigenvalue weighted by atomic mass is 31.2. The number of unbranched alkanes of at least 4 members (excludes halogenated alkanes) is 1. The lowest BCUT2D eigenvalue weighted by molar-refractivity contribution is 0.381. The van der Waals surface area contributed by atoms with Gasteiger partial charge in [-0.1, -0.05) is 26.2 Å². The van der Waals surface area contributed by atoms with Gasteiger partial charge in [-0.05, 0) is 19.3 Å². The van der Waals surface area contributed by atoms with Crippen LogP contribution in [0, 0.1) is 0 Å². The van der Waals surface area contributed by atoms with Crippen molar-refractivity contribution in [2.45, 2.75) is 51.1 Å². The minimum Gasteiger partial charge on any atom is -0.332 e. The minimum absolute atomic E-state index is 0.379. The molecule has 0 amide bonds. The van der Waals surface area contributed by atoms with Crippen LogP contribution in [0.5, 0.6) is 0 Å². The zero-order valence-corrected chi connectivity index (χ0v) is 9.69. The van der Waals surface area contributed by atoms with Crippen molar-refractivity contribution in [2.75, 3.05) is 13.3 Å². The topological polar surface area (TPSA) is 26.3 Å². The summed E-state index contributed by atoms with van der Waals surface area (Å²) in [6.07, 6.45) is 7.67. The van der Waals surface area contributed by atoms with Gasteiger partial charge in [-0.3, -0.25) is 4.57 Å². The molecule has 2 nitrogen and oxygen atoms in total. The first-order chi connectivity index (χ1) is 6.23. The summed E-state index contributed by atoms with van der Waals surface area (Å²) >= 11 is 0. The molecule has 1 atom stereocenters. The molecule has 0 radical (unpaired) electrons. The van der Waals surface area contributed by atoms with E-state index in [1.807, 2.05) is 0 Å². The van der Waals surface area contributed by atoms with Gasteiger partial charge in [-0.15, -0.1) is 0 Å². The molecule has 0 aliphatic heterocycles. The summed E-state index contributed by atoms with van der Waals surface area (Å²) in [7, 11) is -0.645. The van der Waals surface area contributed by atoms with E-state index in [9.17, 15) is 4.57 Å². The highest BCUT2D eigenvalue weighted by Crippen LogP contribution is 2.57. The third-order valence-electron chi connectivity index (χ3n) is 3.01. The number of hydrogen-bond donors (Lipinski definition) is 0. The molecule has 0 aromatic heterocycles. The van der Waals surface area contributed by atoms with Crippen LogP contribution in [0.15, 0.2) is 0 Å². The Hall–Kier alpha value is 0.190. The summed E-state index contributed by atoms with van der Waals surface area (Å²) in [4.78, 5) is 0. The molecule has 78 valence electrons. The Balaban J connectivity index is 2.51. The van der Waals surface area contributed by atoms with Crippen molar-refractivity contribution < 1.29 is 9.09 Å². The fourth-order valence-corrected chi connectivity index (χ4v) is 4.85. The van der Waals surface area contributed by atoms with E-state index in [-0.39, 0.29) is 0 Å². The van der Waals surface area contributed by atoms with Crippen molar-refractivity contribution in [3.8, 4) is 0 Å². The molecule has 1 aliphatic rings. The van der Waals surface area contributed by atoms with Crippen LogP contribution in [0.3, 0.4) is 0 Å². The minimum atomic E-state index is -2.26. The first kappa shape index (κ1) is 11.3. The molecule has 1 rings (SSSR count). The third-order valence-corrected chi connectivity index (χ3v) is 6.20. The summed E-state index contributed by atoms with van der Waals surface area (Å²) in [6.45, 7) is 2.13. The molecule has 0 aromatic carbocycles. The second kappa shape index (κ2) is 5.17. The largest absolute Gasteiger partial charge is 0.332 e. The summed E-state index contributed by atoms with van der Waals surface area (Å²) in [5, 5.41) is 0. The molecule has 0 saturated heterocycles. The zero-order valence-electron chi connectivity index (χ0n) is 8.79. The van der Waals surface area contributed by atoms with E-state index in [1.165, 1.54) is 12.8 Å². The van der Waals surface area contributed by atoms with Gasteiger partial charge in [0.15, 0.2) is 0 Å². The predicted octanol–water partition coefficient (Wildman–Crippen LogP) is 3.65. The van der Waals surface area contributed by atoms with E-state index in [4.69, 9.17) is 4.52 Å². The maximum Gasteiger partial charge on any atom is 0.205 e. The molecule has 0 heterocycles. The van der Waals surface area contributed by atoms with Gasteiger partial charge in [0.2, 0.25) is 7.37 Å². The van der Waals surface area contributed by atoms with Gasteiger partial charge >= 0.3 is 0 Å². The summed E-state index contributed by atoms with van der Waals surface area (Å²) < 4.78 is 17.6. The van der Waals surface area contributed by atoms with Crippen molar-refractivity contribution >= 4 is 7.37 Å². The van der Waals surface area contributed by atoms with Crippen LogP contribution in [-0.4, -0.2) is 18.9 Å². The van der Waals surface area contributed by atoms with Crippen LogP contribution in [-0.2, 0) is 9.09 Å². The Morgan fingerprint density at radius 1 is 1.38 bits per heavy atom. The standard InChI is InChI=1S/C10H21O2P/c1-3-4-9-13(11,12-2)10-7-5-6-8-10/h10H,3-9H2,1-2H3. The Kier molecular flexibility index (Phi) is 4.48. The van der Waals surface area contributed by atoms with Gasteiger partial charge in [0, 0.05) is 18.9 Å². The van der Waals surface area contributed by atoms with Gasteiger partial charge in [0.1, 0.15) is 0 Å². The van der Waals surface area contributed by atoms with Gasteiger partial charge in [0.05, 0.1) is 0 Å². The molecule has 1 unspecified atom stereocenters. The maximum absolute atomic E-state index is 12.3. The molecule has 1 aliphatic carbocycles. The summed E-state index contributed by atoms with van der Waals surface area (Å²) in [5.74, 6) is 0. The van der Waals surface area contributed by atoms with E-state index in [1.54, 1.807) is 7.11 Å². The predicted molar refractivity (Wildman–Crippen MR) is 56.6 cm³/mol. The fourth-order valence-electron chi connectivity index (χ4n) is 2.10. The van der Waals surface area contributed by atoms with Crippen LogP contribution in [0.4, 0.5) is 0 Å². The van der Waals surface area contributed by atoms with Gasteiger partial charge < -0.3 is 4.52 Å². The number of rotatable bonds is 5. The van der Waals surface area contributed by atoms with E-state index in [0.29, 0.717) is 5.66 Å². The second-order valence-corrected chi connectivity index (χ2v) is 6.92. The summed E-state index contributed by atoms with van der Waals surface area (Å²) in [6, 6.07) is 0. The van der Waals surface area contributed by atoms with Crippen LogP contribution in [0.2, 0.25) is 0 Å². The van der Waals surface area contributed by atoms with E-state index in [0.717, 1.165) is 31.8 Å². The summed E-state index contributed by atoms with van der Waals surface area (Å²) in [5.41, 5.74) is 0.379. The lowest BCUT2D eigenvalue weighted by Crippen LogP contribution is -2.07. The fraction of sp³-hybridized carbons (Fsp3) is 1.00. The Labute approximate surface area is 81.5 Å². The molecule has 0 bridgehead atoms. The molecule has 1 saturated carbocycles. The van der Waals surface area contributed by atoms with Crippen molar-refractivity contribution in [1.82, 2.24) is 0 Å². The molecule has 13 heavy (non-hydrogen) atoms. The first-order valence-corrected chi connectivity index (χ1v) is 7.25. The normalized spacial score (nSPS) is 23.2. The lowest BCUT2D eigenvalue weighted by Gasteiger charge is -2.22. The second-order valence-electron chi connectivity index (χ2n) is 3.92. The smallest absolute Gasteiger partial charge is 0.205 e. The highest BCUT2D eigenvalue weighted by molar-refractivity contribution is 7.59. The molecule has 0 aromatic rings. The van der Waals surface area contributed by atoms with Crippen LogP contribution >= 0.6 is 7.37 Å². The highest BCUT2D eigenvalue weighted by Gasteiger charge is 2.34. The zero-order chi connectivity index (χ0) is 9.73.